The van der Waals surface area contributed by atoms with E-state index in [1.807, 2.05) is 0 Å². The van der Waals surface area contributed by atoms with Crippen molar-refractivity contribution in [3.63, 3.8) is 0 Å². The summed E-state index contributed by atoms with van der Waals surface area (Å²) < 4.78 is 10.4. The number of nitrogens with zero attached hydrogens (tertiary/aromatic N) is 1. The van der Waals surface area contributed by atoms with E-state index in [1.165, 1.54) is 16.7 Å². The van der Waals surface area contributed by atoms with Crippen LogP contribution in [0.2, 0.25) is 0 Å². The summed E-state index contributed by atoms with van der Waals surface area (Å²) >= 11 is 0. The van der Waals surface area contributed by atoms with Crippen molar-refractivity contribution in [2.45, 2.75) is 19.9 Å². The van der Waals surface area contributed by atoms with E-state index in [0.717, 1.165) is 13.1 Å². The predicted molar refractivity (Wildman–Crippen MR) is 83.0 cm³/mol. The van der Waals surface area contributed by atoms with Crippen molar-refractivity contribution < 1.29 is 9.47 Å². The first-order valence-electron chi connectivity index (χ1n) is 7.13. The smallest absolute Gasteiger partial charge is 0.0589 e. The zero-order valence-electron chi connectivity index (χ0n) is 13.2. The van der Waals surface area contributed by atoms with E-state index in [-0.39, 0.29) is 6.04 Å². The molecule has 1 rings (SSSR count). The third kappa shape index (κ3) is 4.87. The number of methoxy groups -OCH3 is 2. The molecular formula is C16H28N2O2. The molecule has 0 aliphatic heterocycles. The van der Waals surface area contributed by atoms with Gasteiger partial charge in [-0.15, -0.1) is 0 Å². The van der Waals surface area contributed by atoms with Crippen molar-refractivity contribution in [1.82, 2.24) is 4.90 Å². The second kappa shape index (κ2) is 9.08. The van der Waals surface area contributed by atoms with Gasteiger partial charge >= 0.3 is 0 Å². The molecule has 0 saturated carbocycles. The second-order valence-corrected chi connectivity index (χ2v) is 5.12. The average Bonchev–Trinajstić information content (AvgIpc) is 2.45. The van der Waals surface area contributed by atoms with Gasteiger partial charge in [0.05, 0.1) is 13.2 Å². The van der Waals surface area contributed by atoms with E-state index in [1.54, 1.807) is 14.2 Å². The minimum absolute atomic E-state index is 0.208. The van der Waals surface area contributed by atoms with Crippen LogP contribution in [0.3, 0.4) is 0 Å². The van der Waals surface area contributed by atoms with Crippen molar-refractivity contribution in [3.05, 3.63) is 34.9 Å². The molecule has 0 radical (unpaired) electrons. The Kier molecular flexibility index (Phi) is 7.77. The monoisotopic (exact) mass is 280 g/mol. The Morgan fingerprint density at radius 2 is 1.65 bits per heavy atom. The maximum absolute atomic E-state index is 6.01. The molecule has 1 unspecified atom stereocenters. The molecule has 20 heavy (non-hydrogen) atoms. The van der Waals surface area contributed by atoms with Crippen LogP contribution in [-0.2, 0) is 9.47 Å². The molecule has 4 heteroatoms. The summed E-state index contributed by atoms with van der Waals surface area (Å²) in [6, 6.07) is 6.78. The summed E-state index contributed by atoms with van der Waals surface area (Å²) in [6.45, 7) is 7.97. The minimum Gasteiger partial charge on any atom is -0.383 e. The van der Waals surface area contributed by atoms with Crippen LogP contribution < -0.4 is 5.73 Å². The second-order valence-electron chi connectivity index (χ2n) is 5.12. The molecule has 1 aromatic carbocycles. The van der Waals surface area contributed by atoms with E-state index in [9.17, 15) is 0 Å². The Bertz CT molecular complexity index is 388. The largest absolute Gasteiger partial charge is 0.383 e. The van der Waals surface area contributed by atoms with Gasteiger partial charge in [-0.1, -0.05) is 18.2 Å². The average molecular weight is 280 g/mol. The topological polar surface area (TPSA) is 47.7 Å². The maximum Gasteiger partial charge on any atom is 0.0589 e. The van der Waals surface area contributed by atoms with E-state index in [2.05, 4.69) is 36.9 Å². The number of rotatable bonds is 9. The van der Waals surface area contributed by atoms with Gasteiger partial charge in [-0.25, -0.2) is 0 Å². The molecule has 1 atom stereocenters. The highest BCUT2D eigenvalue weighted by Gasteiger charge is 2.19. The van der Waals surface area contributed by atoms with E-state index in [4.69, 9.17) is 15.2 Å². The van der Waals surface area contributed by atoms with Crippen LogP contribution in [0.4, 0.5) is 0 Å². The highest BCUT2D eigenvalue weighted by molar-refractivity contribution is 5.32. The highest BCUT2D eigenvalue weighted by atomic mass is 16.5. The summed E-state index contributed by atoms with van der Waals surface area (Å²) in [6.07, 6.45) is 0. The summed E-state index contributed by atoms with van der Waals surface area (Å²) in [5.41, 5.74) is 9.90. The predicted octanol–water partition coefficient (Wildman–Crippen LogP) is 1.90. The fourth-order valence-corrected chi connectivity index (χ4v) is 2.31. The minimum atomic E-state index is 0.208. The fraction of sp³-hybridized carbons (Fsp3) is 0.625. The number of nitrogens with two attached hydrogens (primary N) is 1. The lowest BCUT2D eigenvalue weighted by Gasteiger charge is -2.31. The van der Waals surface area contributed by atoms with Gasteiger partial charge in [-0.05, 0) is 30.5 Å². The summed E-state index contributed by atoms with van der Waals surface area (Å²) in [5.74, 6) is 0. The van der Waals surface area contributed by atoms with Crippen LogP contribution in [0.5, 0.6) is 0 Å². The lowest BCUT2D eigenvalue weighted by atomic mass is 10.00. The molecule has 0 aliphatic rings. The van der Waals surface area contributed by atoms with Crippen molar-refractivity contribution in [2.75, 3.05) is 47.1 Å². The van der Waals surface area contributed by atoms with Gasteiger partial charge in [0, 0.05) is 39.9 Å². The van der Waals surface area contributed by atoms with Crippen molar-refractivity contribution in [3.8, 4) is 0 Å². The number of ether oxygens (including phenoxy) is 2. The van der Waals surface area contributed by atoms with Gasteiger partial charge in [-0.2, -0.15) is 0 Å². The first kappa shape index (κ1) is 17.1. The van der Waals surface area contributed by atoms with Crippen molar-refractivity contribution in [1.29, 1.82) is 0 Å². The Morgan fingerprint density at radius 3 is 2.10 bits per heavy atom. The SMILES string of the molecule is COCCN(CCOC)C(CN)c1ccc(C)c(C)c1. The molecule has 0 aromatic heterocycles. The lowest BCUT2D eigenvalue weighted by molar-refractivity contribution is 0.0891. The fourth-order valence-electron chi connectivity index (χ4n) is 2.31. The van der Waals surface area contributed by atoms with Crippen molar-refractivity contribution in [2.24, 2.45) is 5.73 Å². The third-order valence-electron chi connectivity index (χ3n) is 3.75. The Hall–Kier alpha value is -0.940. The van der Waals surface area contributed by atoms with Crippen LogP contribution in [0.25, 0.3) is 0 Å². The van der Waals surface area contributed by atoms with E-state index < -0.39 is 0 Å². The van der Waals surface area contributed by atoms with Crippen LogP contribution in [0, 0.1) is 13.8 Å². The zero-order valence-corrected chi connectivity index (χ0v) is 13.2. The van der Waals surface area contributed by atoms with E-state index in [0.29, 0.717) is 19.8 Å². The Labute approximate surface area is 122 Å². The third-order valence-corrected chi connectivity index (χ3v) is 3.75. The normalized spacial score (nSPS) is 12.9. The van der Waals surface area contributed by atoms with Gasteiger partial charge in [0.15, 0.2) is 0 Å². The van der Waals surface area contributed by atoms with E-state index >= 15 is 0 Å². The number of benzene rings is 1. The molecule has 4 nitrogen and oxygen atoms in total. The molecule has 0 heterocycles. The van der Waals surface area contributed by atoms with Gasteiger partial charge in [0.1, 0.15) is 0 Å². The molecule has 0 aliphatic carbocycles. The first-order chi connectivity index (χ1) is 9.63. The molecule has 2 N–H and O–H groups in total. The summed E-state index contributed by atoms with van der Waals surface area (Å²) in [5, 5.41) is 0. The first-order valence-corrected chi connectivity index (χ1v) is 7.13. The molecule has 0 bridgehead atoms. The molecule has 0 spiro atoms. The number of hydrogen-bond donors (Lipinski definition) is 1. The zero-order chi connectivity index (χ0) is 15.0. The standard InChI is InChI=1S/C16H28N2O2/c1-13-5-6-15(11-14(13)2)16(12-17)18(7-9-19-3)8-10-20-4/h5-6,11,16H,7-10,12,17H2,1-4H3. The number of aryl methyl sites for hydroxylation is 2. The summed E-state index contributed by atoms with van der Waals surface area (Å²) in [7, 11) is 3.45. The molecule has 1 aromatic rings. The molecule has 0 fully saturated rings. The van der Waals surface area contributed by atoms with Crippen LogP contribution in [0.15, 0.2) is 18.2 Å². The van der Waals surface area contributed by atoms with Crippen molar-refractivity contribution >= 4 is 0 Å². The Balaban J connectivity index is 2.88. The molecule has 0 saturated heterocycles. The molecular weight excluding hydrogens is 252 g/mol. The quantitative estimate of drug-likeness (QED) is 0.750. The van der Waals surface area contributed by atoms with Gasteiger partial charge in [0.2, 0.25) is 0 Å². The van der Waals surface area contributed by atoms with Crippen LogP contribution >= 0.6 is 0 Å². The van der Waals surface area contributed by atoms with Gasteiger partial charge in [0.25, 0.3) is 0 Å². The van der Waals surface area contributed by atoms with Crippen LogP contribution in [0.1, 0.15) is 22.7 Å². The van der Waals surface area contributed by atoms with Gasteiger partial charge < -0.3 is 15.2 Å². The van der Waals surface area contributed by atoms with Gasteiger partial charge in [-0.3, -0.25) is 4.90 Å². The lowest BCUT2D eigenvalue weighted by Crippen LogP contribution is -2.38. The summed E-state index contributed by atoms with van der Waals surface area (Å²) in [4.78, 5) is 2.33. The maximum atomic E-state index is 6.01. The molecule has 114 valence electrons. The number of hydrogen-bond acceptors (Lipinski definition) is 4. The Morgan fingerprint density at radius 1 is 1.05 bits per heavy atom. The molecule has 0 amide bonds. The van der Waals surface area contributed by atoms with Crippen LogP contribution in [-0.4, -0.2) is 52.0 Å². The highest BCUT2D eigenvalue weighted by Crippen LogP contribution is 2.22.